The van der Waals surface area contributed by atoms with Crippen molar-refractivity contribution >= 4 is 23.6 Å². The predicted octanol–water partition coefficient (Wildman–Crippen LogP) is 4.26. The van der Waals surface area contributed by atoms with E-state index in [1.165, 1.54) is 6.08 Å². The normalized spacial score (nSPS) is 10.7. The lowest BCUT2D eigenvalue weighted by atomic mass is 10.2. The molecule has 0 radical (unpaired) electrons. The number of nitrogens with one attached hydrogen (secondary N) is 2. The maximum absolute atomic E-state index is 12.1. The molecule has 0 atom stereocenters. The Labute approximate surface area is 169 Å². The number of rotatable bonds is 8. The van der Waals surface area contributed by atoms with E-state index in [-0.39, 0.29) is 11.8 Å². The molecule has 0 bridgehead atoms. The Morgan fingerprint density at radius 2 is 1.79 bits per heavy atom. The second-order valence-corrected chi connectivity index (χ2v) is 6.16. The summed E-state index contributed by atoms with van der Waals surface area (Å²) in [5, 5.41) is 5.54. The van der Waals surface area contributed by atoms with Gasteiger partial charge >= 0.3 is 0 Å². The zero-order valence-electron chi connectivity index (χ0n) is 16.1. The monoisotopic (exact) mass is 390 g/mol. The van der Waals surface area contributed by atoms with Crippen LogP contribution in [0.25, 0.3) is 6.08 Å². The summed E-state index contributed by atoms with van der Waals surface area (Å²) < 4.78 is 10.6. The quantitative estimate of drug-likeness (QED) is 0.563. The Hall–Kier alpha value is -3.80. The SMILES string of the molecule is CCOc1ccc(/C=C/C(=O)Nc2ccc(C(=O)NCc3ccco3)cc2)cc1. The first-order valence-electron chi connectivity index (χ1n) is 9.26. The minimum absolute atomic E-state index is 0.213. The van der Waals surface area contributed by atoms with Crippen LogP contribution in [0, 0.1) is 0 Å². The molecule has 0 saturated carbocycles. The highest BCUT2D eigenvalue weighted by Gasteiger charge is 2.06. The van der Waals surface area contributed by atoms with Crippen LogP contribution in [-0.2, 0) is 11.3 Å². The van der Waals surface area contributed by atoms with Gasteiger partial charge in [0.15, 0.2) is 0 Å². The van der Waals surface area contributed by atoms with Crippen LogP contribution < -0.4 is 15.4 Å². The molecule has 0 spiro atoms. The summed E-state index contributed by atoms with van der Waals surface area (Å²) >= 11 is 0. The van der Waals surface area contributed by atoms with Crippen LogP contribution in [-0.4, -0.2) is 18.4 Å². The second kappa shape index (κ2) is 9.94. The maximum atomic E-state index is 12.1. The maximum Gasteiger partial charge on any atom is 0.251 e. The number of anilines is 1. The van der Waals surface area contributed by atoms with Crippen molar-refractivity contribution in [3.8, 4) is 5.75 Å². The molecular formula is C23H22N2O4. The number of amides is 2. The Morgan fingerprint density at radius 1 is 1.03 bits per heavy atom. The van der Waals surface area contributed by atoms with Gasteiger partial charge in [-0.25, -0.2) is 0 Å². The molecule has 0 aliphatic rings. The van der Waals surface area contributed by atoms with Crippen LogP contribution in [0.15, 0.2) is 77.4 Å². The number of hydrogen-bond acceptors (Lipinski definition) is 4. The Bertz CT molecular complexity index is 959. The molecule has 0 aliphatic carbocycles. The molecule has 6 heteroatoms. The summed E-state index contributed by atoms with van der Waals surface area (Å²) in [6.07, 6.45) is 4.74. The van der Waals surface area contributed by atoms with Gasteiger partial charge in [-0.2, -0.15) is 0 Å². The smallest absolute Gasteiger partial charge is 0.251 e. The fraction of sp³-hybridized carbons (Fsp3) is 0.130. The molecule has 3 aromatic rings. The van der Waals surface area contributed by atoms with Crippen LogP contribution in [0.2, 0.25) is 0 Å². The van der Waals surface area contributed by atoms with Crippen molar-refractivity contribution in [3.05, 3.63) is 89.9 Å². The van der Waals surface area contributed by atoms with Gasteiger partial charge in [0.2, 0.25) is 5.91 Å². The molecule has 6 nitrogen and oxygen atoms in total. The van der Waals surface area contributed by atoms with E-state index in [1.54, 1.807) is 48.7 Å². The molecular weight excluding hydrogens is 368 g/mol. The number of furan rings is 1. The summed E-state index contributed by atoms with van der Waals surface area (Å²) in [6.45, 7) is 2.86. The lowest BCUT2D eigenvalue weighted by molar-refractivity contribution is -0.111. The molecule has 1 heterocycles. The third kappa shape index (κ3) is 6.10. The van der Waals surface area contributed by atoms with E-state index in [1.807, 2.05) is 31.2 Å². The first-order valence-corrected chi connectivity index (χ1v) is 9.26. The molecule has 0 fully saturated rings. The highest BCUT2D eigenvalue weighted by Crippen LogP contribution is 2.14. The minimum Gasteiger partial charge on any atom is -0.494 e. The van der Waals surface area contributed by atoms with Crippen molar-refractivity contribution in [1.82, 2.24) is 5.32 Å². The number of carbonyl (C=O) groups is 2. The van der Waals surface area contributed by atoms with Crippen molar-refractivity contribution in [2.45, 2.75) is 13.5 Å². The van der Waals surface area contributed by atoms with Gasteiger partial charge in [0.1, 0.15) is 11.5 Å². The van der Waals surface area contributed by atoms with Crippen molar-refractivity contribution in [2.75, 3.05) is 11.9 Å². The molecule has 148 valence electrons. The summed E-state index contributed by atoms with van der Waals surface area (Å²) in [6, 6.07) is 17.7. The minimum atomic E-state index is -0.256. The Morgan fingerprint density at radius 3 is 2.45 bits per heavy atom. The van der Waals surface area contributed by atoms with Gasteiger partial charge in [0, 0.05) is 17.3 Å². The van der Waals surface area contributed by atoms with Crippen LogP contribution in [0.5, 0.6) is 5.75 Å². The van der Waals surface area contributed by atoms with Gasteiger partial charge in [-0.05, 0) is 67.1 Å². The molecule has 2 N–H and O–H groups in total. The molecule has 2 aromatic carbocycles. The van der Waals surface area contributed by atoms with E-state index in [9.17, 15) is 9.59 Å². The largest absolute Gasteiger partial charge is 0.494 e. The average Bonchev–Trinajstić information content (AvgIpc) is 3.26. The van der Waals surface area contributed by atoms with Gasteiger partial charge < -0.3 is 19.8 Å². The van der Waals surface area contributed by atoms with Gasteiger partial charge in [0.25, 0.3) is 5.91 Å². The van der Waals surface area contributed by atoms with Gasteiger partial charge in [-0.15, -0.1) is 0 Å². The van der Waals surface area contributed by atoms with Crippen LogP contribution >= 0.6 is 0 Å². The van der Waals surface area contributed by atoms with E-state index in [2.05, 4.69) is 10.6 Å². The van der Waals surface area contributed by atoms with Crippen molar-refractivity contribution < 1.29 is 18.7 Å². The molecule has 29 heavy (non-hydrogen) atoms. The molecule has 1 aromatic heterocycles. The van der Waals surface area contributed by atoms with E-state index < -0.39 is 0 Å². The van der Waals surface area contributed by atoms with E-state index in [0.29, 0.717) is 30.2 Å². The highest BCUT2D eigenvalue weighted by molar-refractivity contribution is 6.02. The van der Waals surface area contributed by atoms with E-state index in [4.69, 9.17) is 9.15 Å². The van der Waals surface area contributed by atoms with Crippen molar-refractivity contribution in [2.24, 2.45) is 0 Å². The second-order valence-electron chi connectivity index (χ2n) is 6.16. The van der Waals surface area contributed by atoms with E-state index in [0.717, 1.165) is 11.3 Å². The molecule has 3 rings (SSSR count). The fourth-order valence-corrected chi connectivity index (χ4v) is 2.59. The Kier molecular flexibility index (Phi) is 6.84. The number of ether oxygens (including phenoxy) is 1. The van der Waals surface area contributed by atoms with E-state index >= 15 is 0 Å². The lowest BCUT2D eigenvalue weighted by Gasteiger charge is -2.06. The average molecular weight is 390 g/mol. The number of benzene rings is 2. The first-order chi connectivity index (χ1) is 14.1. The summed E-state index contributed by atoms with van der Waals surface area (Å²) in [5.41, 5.74) is 2.00. The highest BCUT2D eigenvalue weighted by atomic mass is 16.5. The summed E-state index contributed by atoms with van der Waals surface area (Å²) in [5.74, 6) is 1.01. The number of hydrogen-bond donors (Lipinski definition) is 2. The van der Waals surface area contributed by atoms with Gasteiger partial charge in [0.05, 0.1) is 19.4 Å². The van der Waals surface area contributed by atoms with Crippen molar-refractivity contribution in [1.29, 1.82) is 0 Å². The number of carbonyl (C=O) groups excluding carboxylic acids is 2. The zero-order valence-corrected chi connectivity index (χ0v) is 16.1. The lowest BCUT2D eigenvalue weighted by Crippen LogP contribution is -2.22. The van der Waals surface area contributed by atoms with Gasteiger partial charge in [-0.3, -0.25) is 9.59 Å². The van der Waals surface area contributed by atoms with Crippen LogP contribution in [0.1, 0.15) is 28.6 Å². The first kappa shape index (κ1) is 19.9. The fourth-order valence-electron chi connectivity index (χ4n) is 2.59. The summed E-state index contributed by atoms with van der Waals surface area (Å²) in [4.78, 5) is 24.2. The zero-order chi connectivity index (χ0) is 20.5. The summed E-state index contributed by atoms with van der Waals surface area (Å²) in [7, 11) is 0. The predicted molar refractivity (Wildman–Crippen MR) is 112 cm³/mol. The molecule has 2 amide bonds. The Balaban J connectivity index is 1.50. The molecule has 0 saturated heterocycles. The third-order valence-electron chi connectivity index (χ3n) is 4.04. The van der Waals surface area contributed by atoms with Crippen molar-refractivity contribution in [3.63, 3.8) is 0 Å². The van der Waals surface area contributed by atoms with Gasteiger partial charge in [-0.1, -0.05) is 12.1 Å². The molecule has 0 unspecified atom stereocenters. The van der Waals surface area contributed by atoms with Crippen LogP contribution in [0.4, 0.5) is 5.69 Å². The topological polar surface area (TPSA) is 80.6 Å². The van der Waals surface area contributed by atoms with Crippen LogP contribution in [0.3, 0.4) is 0 Å². The third-order valence-corrected chi connectivity index (χ3v) is 4.04. The molecule has 0 aliphatic heterocycles. The standard InChI is InChI=1S/C23H22N2O4/c1-2-28-20-12-5-17(6-13-20)7-14-22(26)25-19-10-8-18(9-11-19)23(27)24-16-21-4-3-15-29-21/h3-15H,2,16H2,1H3,(H,24,27)(H,25,26)/b14-7+.